The van der Waals surface area contributed by atoms with Crippen molar-refractivity contribution in [3.05, 3.63) is 59.8 Å². The molecular formula is C16H14FNO3. The van der Waals surface area contributed by atoms with Gasteiger partial charge in [0.1, 0.15) is 11.6 Å². The predicted octanol–water partition coefficient (Wildman–Crippen LogP) is 3.39. The molecule has 5 heteroatoms. The second-order valence-electron chi connectivity index (χ2n) is 3.97. The lowest BCUT2D eigenvalue weighted by Crippen LogP contribution is -2.16. The number of hydrogen-bond acceptors (Lipinski definition) is 3. The molecule has 0 aliphatic heterocycles. The molecular weight excluding hydrogens is 273 g/mol. The van der Waals surface area contributed by atoms with Gasteiger partial charge in [-0.05, 0) is 24.2 Å². The number of ether oxygens (including phenoxy) is 1. The Balaban J connectivity index is 2.56. The average molecular weight is 291 g/mol. The molecule has 2 aromatic rings. The van der Waals surface area contributed by atoms with Gasteiger partial charge in [0.15, 0.2) is 0 Å². The summed E-state index contributed by atoms with van der Waals surface area (Å²) in [6.07, 6.45) is -0.0584. The quantitative estimate of drug-likeness (QED) is 0.694. The van der Waals surface area contributed by atoms with Gasteiger partial charge in [0.2, 0.25) is 0 Å². The van der Waals surface area contributed by atoms with E-state index in [0.717, 1.165) is 6.07 Å². The molecule has 0 atom stereocenters. The largest absolute Gasteiger partial charge is 0.426 e. The third-order valence-electron chi connectivity index (χ3n) is 2.51. The maximum absolute atomic E-state index is 13.7. The van der Waals surface area contributed by atoms with Crippen molar-refractivity contribution in [2.24, 2.45) is 0 Å². The molecule has 21 heavy (non-hydrogen) atoms. The van der Waals surface area contributed by atoms with Crippen LogP contribution in [0, 0.1) is 5.82 Å². The fraction of sp³-hybridized carbons (Fsp3) is 0.125. The van der Waals surface area contributed by atoms with Crippen LogP contribution in [-0.4, -0.2) is 11.9 Å². The third kappa shape index (κ3) is 3.66. The average Bonchev–Trinajstić information content (AvgIpc) is 2.59. The first-order valence-corrected chi connectivity index (χ1v) is 6.14. The molecule has 0 aliphatic rings. The number of hydrogen-bond donors (Lipinski definition) is 1. The van der Waals surface area contributed by atoms with Crippen LogP contribution >= 0.6 is 0 Å². The normalized spacial score (nSPS) is 12.7. The fourth-order valence-corrected chi connectivity index (χ4v) is 1.47. The zero-order valence-electron chi connectivity index (χ0n) is 15.1. The van der Waals surface area contributed by atoms with E-state index >= 15 is 0 Å². The molecule has 108 valence electrons. The van der Waals surface area contributed by atoms with Crippen LogP contribution in [0.5, 0.6) is 5.75 Å². The number of para-hydroxylation sites is 2. The Labute approximate surface area is 127 Å². The molecule has 0 radical (unpaired) electrons. The molecule has 0 spiro atoms. The van der Waals surface area contributed by atoms with E-state index in [1.54, 1.807) is 0 Å². The van der Waals surface area contributed by atoms with Crippen LogP contribution in [0.15, 0.2) is 48.4 Å². The van der Waals surface area contributed by atoms with Crippen LogP contribution in [-0.2, 0) is 4.79 Å². The number of amides is 1. The van der Waals surface area contributed by atoms with Crippen LogP contribution in [0.3, 0.4) is 0 Å². The summed E-state index contributed by atoms with van der Waals surface area (Å²) >= 11 is 0. The monoisotopic (exact) mass is 291 g/mol. The van der Waals surface area contributed by atoms with Gasteiger partial charge in [-0.2, -0.15) is 0 Å². The highest BCUT2D eigenvalue weighted by molar-refractivity contribution is 6.06. The molecule has 1 N–H and O–H groups in total. The van der Waals surface area contributed by atoms with Gasteiger partial charge in [-0.25, -0.2) is 4.39 Å². The first-order chi connectivity index (χ1) is 11.8. The lowest BCUT2D eigenvalue weighted by atomic mass is 10.2. The summed E-state index contributed by atoms with van der Waals surface area (Å²) in [6.45, 7) is 1.49. The van der Waals surface area contributed by atoms with Gasteiger partial charge in [-0.3, -0.25) is 9.59 Å². The number of halogens is 1. The van der Waals surface area contributed by atoms with Crippen LogP contribution in [0.1, 0.15) is 29.2 Å². The van der Waals surface area contributed by atoms with Crippen molar-refractivity contribution in [3.63, 3.8) is 0 Å². The highest BCUT2D eigenvalue weighted by Gasteiger charge is 2.15. The van der Waals surface area contributed by atoms with E-state index in [4.69, 9.17) is 10.2 Å². The minimum absolute atomic E-state index is 0.0584. The van der Waals surface area contributed by atoms with Crippen molar-refractivity contribution in [1.82, 2.24) is 0 Å². The molecule has 4 nitrogen and oxygen atoms in total. The number of benzene rings is 2. The number of rotatable bonds is 4. The maximum Gasteiger partial charge on any atom is 0.310 e. The van der Waals surface area contributed by atoms with Crippen molar-refractivity contribution in [2.45, 2.75) is 13.3 Å². The molecule has 0 heterocycles. The lowest BCUT2D eigenvalue weighted by molar-refractivity contribution is -0.134. The maximum atomic E-state index is 13.7. The van der Waals surface area contributed by atoms with Gasteiger partial charge in [0, 0.05) is 6.42 Å². The molecule has 0 bridgehead atoms. The summed E-state index contributed by atoms with van der Waals surface area (Å²) in [6, 6.07) is 2.65. The number of nitrogens with one attached hydrogen (secondary N) is 1. The zero-order chi connectivity index (χ0) is 18.7. The molecule has 0 saturated carbocycles. The number of anilines is 1. The second-order valence-corrected chi connectivity index (χ2v) is 3.97. The van der Waals surface area contributed by atoms with Crippen molar-refractivity contribution < 1.29 is 24.2 Å². The van der Waals surface area contributed by atoms with Gasteiger partial charge in [0.25, 0.3) is 5.91 Å². The number of esters is 1. The SMILES string of the molecule is [2H]c1c([2H])c([2H])c(C(=O)Nc2ccccc2F)c(OC(=O)CC)c1[2H]. The Hall–Kier alpha value is -2.69. The van der Waals surface area contributed by atoms with Crippen LogP contribution in [0.4, 0.5) is 10.1 Å². The summed E-state index contributed by atoms with van der Waals surface area (Å²) in [7, 11) is 0. The van der Waals surface area contributed by atoms with Gasteiger partial charge >= 0.3 is 5.97 Å². The smallest absolute Gasteiger partial charge is 0.310 e. The molecule has 0 saturated heterocycles. The fourth-order valence-electron chi connectivity index (χ4n) is 1.47. The van der Waals surface area contributed by atoms with E-state index in [0.29, 0.717) is 0 Å². The van der Waals surface area contributed by atoms with Gasteiger partial charge < -0.3 is 10.1 Å². The summed E-state index contributed by atoms with van der Waals surface area (Å²) < 4.78 is 49.7. The highest BCUT2D eigenvalue weighted by Crippen LogP contribution is 2.21. The Kier molecular flexibility index (Phi) is 3.20. The second kappa shape index (κ2) is 6.65. The topological polar surface area (TPSA) is 55.4 Å². The first-order valence-electron chi connectivity index (χ1n) is 8.14. The molecule has 1 amide bonds. The van der Waals surface area contributed by atoms with Crippen molar-refractivity contribution in [1.29, 1.82) is 0 Å². The van der Waals surface area contributed by atoms with Gasteiger partial charge in [0.05, 0.1) is 16.7 Å². The Morgan fingerprint density at radius 3 is 2.71 bits per heavy atom. The molecule has 0 aromatic heterocycles. The summed E-state index contributed by atoms with van der Waals surface area (Å²) in [5.41, 5.74) is -0.747. The van der Waals surface area contributed by atoms with Crippen LogP contribution in [0.2, 0.25) is 0 Å². The van der Waals surface area contributed by atoms with E-state index < -0.39 is 53.2 Å². The van der Waals surface area contributed by atoms with E-state index in [-0.39, 0.29) is 12.1 Å². The molecule has 0 fully saturated rings. The molecule has 2 rings (SSSR count). The van der Waals surface area contributed by atoms with Crippen molar-refractivity contribution >= 4 is 17.6 Å². The van der Waals surface area contributed by atoms with E-state index in [2.05, 4.69) is 5.32 Å². The number of carbonyl (C=O) groups excluding carboxylic acids is 2. The van der Waals surface area contributed by atoms with E-state index in [1.807, 2.05) is 0 Å². The minimum Gasteiger partial charge on any atom is -0.426 e. The zero-order valence-corrected chi connectivity index (χ0v) is 11.1. The Morgan fingerprint density at radius 2 is 2.00 bits per heavy atom. The van der Waals surface area contributed by atoms with E-state index in [9.17, 15) is 14.0 Å². The molecule has 2 aromatic carbocycles. The minimum atomic E-state index is -1.02. The highest BCUT2D eigenvalue weighted by atomic mass is 19.1. The van der Waals surface area contributed by atoms with Crippen molar-refractivity contribution in [2.75, 3.05) is 5.32 Å². The summed E-state index contributed by atoms with van der Waals surface area (Å²) in [5, 5.41) is 2.22. The third-order valence-corrected chi connectivity index (χ3v) is 2.51. The summed E-state index contributed by atoms with van der Waals surface area (Å²) in [5.74, 6) is -3.10. The van der Waals surface area contributed by atoms with Gasteiger partial charge in [-0.15, -0.1) is 0 Å². The first kappa shape index (κ1) is 10.1. The Morgan fingerprint density at radius 1 is 1.29 bits per heavy atom. The Bertz CT molecular complexity index is 858. The molecule has 0 unspecified atom stereocenters. The van der Waals surface area contributed by atoms with Crippen molar-refractivity contribution in [3.8, 4) is 5.75 Å². The molecule has 0 aliphatic carbocycles. The van der Waals surface area contributed by atoms with Crippen LogP contribution in [0.25, 0.3) is 0 Å². The van der Waals surface area contributed by atoms with Crippen LogP contribution < -0.4 is 10.1 Å². The van der Waals surface area contributed by atoms with Gasteiger partial charge in [-0.1, -0.05) is 31.1 Å². The summed E-state index contributed by atoms with van der Waals surface area (Å²) in [4.78, 5) is 24.0. The lowest BCUT2D eigenvalue weighted by Gasteiger charge is -2.10. The number of carbonyl (C=O) groups is 2. The van der Waals surface area contributed by atoms with E-state index in [1.165, 1.54) is 25.1 Å². The predicted molar refractivity (Wildman–Crippen MR) is 76.7 cm³/mol. The standard InChI is InChI=1S/C16H14FNO3/c1-2-15(19)21-14-10-6-3-7-11(14)16(20)18-13-9-5-4-8-12(13)17/h3-10H,2H2,1H3,(H,18,20)/i3D,6D,7D,10D.